The van der Waals surface area contributed by atoms with Crippen LogP contribution < -0.4 is 39.4 Å². The summed E-state index contributed by atoms with van der Waals surface area (Å²) in [6, 6.07) is 12.7. The summed E-state index contributed by atoms with van der Waals surface area (Å²) in [5.74, 6) is -2.20. The Labute approximate surface area is 181 Å². The van der Waals surface area contributed by atoms with E-state index in [9.17, 15) is 18.7 Å². The fourth-order valence-electron chi connectivity index (χ4n) is 2.30. The van der Waals surface area contributed by atoms with E-state index in [0.717, 1.165) is 0 Å². The molecule has 27 heavy (non-hydrogen) atoms. The summed E-state index contributed by atoms with van der Waals surface area (Å²) in [5.41, 5.74) is 1.76. The molecule has 132 valence electrons. The number of carboxylic acids is 1. The summed E-state index contributed by atoms with van der Waals surface area (Å²) in [7, 11) is 0. The van der Waals surface area contributed by atoms with E-state index in [1.807, 2.05) is 0 Å². The summed E-state index contributed by atoms with van der Waals surface area (Å²) < 4.78 is 32.1. The van der Waals surface area contributed by atoms with Crippen LogP contribution in [0.2, 0.25) is 5.02 Å². The minimum Gasteiger partial charge on any atom is -0.546 e. The maximum Gasteiger partial charge on any atom is 1.00 e. The van der Waals surface area contributed by atoms with Gasteiger partial charge in [0.05, 0.1) is 22.4 Å². The first-order valence-corrected chi connectivity index (χ1v) is 7.86. The van der Waals surface area contributed by atoms with Crippen molar-refractivity contribution in [2.75, 3.05) is 6.61 Å². The molecule has 1 heterocycles. The van der Waals surface area contributed by atoms with Crippen molar-refractivity contribution in [2.45, 2.75) is 0 Å². The second kappa shape index (κ2) is 9.28. The molecule has 0 radical (unpaired) electrons. The van der Waals surface area contributed by atoms with Crippen LogP contribution in [0.25, 0.3) is 22.5 Å². The fourth-order valence-corrected chi connectivity index (χ4v) is 2.42. The Morgan fingerprint density at radius 3 is 2.19 bits per heavy atom. The van der Waals surface area contributed by atoms with E-state index in [1.54, 1.807) is 6.07 Å². The zero-order valence-corrected chi connectivity index (χ0v) is 17.0. The van der Waals surface area contributed by atoms with Crippen LogP contribution in [0, 0.1) is 11.6 Å². The summed E-state index contributed by atoms with van der Waals surface area (Å²) in [6.07, 6.45) is 0. The molecule has 0 saturated carbocycles. The number of hydrogen-bond donors (Lipinski definition) is 0. The van der Waals surface area contributed by atoms with Crippen molar-refractivity contribution < 1.29 is 53.0 Å². The van der Waals surface area contributed by atoms with E-state index in [-0.39, 0.29) is 40.3 Å². The Morgan fingerprint density at radius 2 is 1.59 bits per heavy atom. The summed E-state index contributed by atoms with van der Waals surface area (Å²) in [6.45, 7) is -0.651. The van der Waals surface area contributed by atoms with Gasteiger partial charge in [-0.15, -0.1) is 0 Å². The topological polar surface area (TPSA) is 62.2 Å². The van der Waals surface area contributed by atoms with Gasteiger partial charge in [0.2, 0.25) is 0 Å². The normalized spacial score (nSPS) is 10.2. The van der Waals surface area contributed by atoms with Crippen molar-refractivity contribution in [3.05, 3.63) is 71.3 Å². The fraction of sp³-hybridized carbons (Fsp3) is 0.0526. The van der Waals surface area contributed by atoms with Crippen LogP contribution in [0.4, 0.5) is 8.78 Å². The van der Waals surface area contributed by atoms with Gasteiger partial charge in [0, 0.05) is 23.3 Å². The van der Waals surface area contributed by atoms with Gasteiger partial charge < -0.3 is 14.6 Å². The zero-order chi connectivity index (χ0) is 18.7. The SMILES string of the molecule is O=C([O-])COc1cc(-c2ccc(F)cc2)nc(-c2ccc(Cl)c(F)c2)c1.[Na+]. The van der Waals surface area contributed by atoms with Gasteiger partial charge in [0.25, 0.3) is 0 Å². The molecular formula is C19H11ClF2NNaO3. The average Bonchev–Trinajstić information content (AvgIpc) is 2.62. The number of rotatable bonds is 5. The first-order chi connectivity index (χ1) is 12.4. The van der Waals surface area contributed by atoms with Gasteiger partial charge in [0.15, 0.2) is 0 Å². The number of carbonyl (C=O) groups is 1. The standard InChI is InChI=1S/C19H12ClF2NO3.Na/c20-15-6-3-12(7-16(15)22)18-9-14(26-10-19(24)25)8-17(23-18)11-1-4-13(21)5-2-11;/h1-9H,10H2,(H,24,25);/q;+1/p-1. The Bertz CT molecular complexity index is 968. The average molecular weight is 398 g/mol. The van der Waals surface area contributed by atoms with Crippen molar-refractivity contribution in [3.8, 4) is 28.3 Å². The predicted molar refractivity (Wildman–Crippen MR) is 90.5 cm³/mol. The summed E-state index contributed by atoms with van der Waals surface area (Å²) in [4.78, 5) is 15.1. The van der Waals surface area contributed by atoms with Crippen molar-refractivity contribution in [1.82, 2.24) is 4.98 Å². The Hall–Kier alpha value is -1.99. The predicted octanol–water partition coefficient (Wildman–Crippen LogP) is 0.480. The molecular weight excluding hydrogens is 387 g/mol. The van der Waals surface area contributed by atoms with Gasteiger partial charge >= 0.3 is 29.6 Å². The van der Waals surface area contributed by atoms with Crippen LogP contribution in [-0.4, -0.2) is 17.6 Å². The summed E-state index contributed by atoms with van der Waals surface area (Å²) in [5, 5.41) is 10.6. The van der Waals surface area contributed by atoms with Crippen LogP contribution >= 0.6 is 11.6 Å². The minimum atomic E-state index is -1.38. The van der Waals surface area contributed by atoms with E-state index in [2.05, 4.69) is 4.98 Å². The number of aliphatic carboxylic acids is 1. The van der Waals surface area contributed by atoms with E-state index in [4.69, 9.17) is 16.3 Å². The van der Waals surface area contributed by atoms with Gasteiger partial charge in [0.1, 0.15) is 24.0 Å². The minimum absolute atomic E-state index is 0. The third-order valence-electron chi connectivity index (χ3n) is 3.51. The van der Waals surface area contributed by atoms with E-state index in [1.165, 1.54) is 48.5 Å². The number of carboxylic acid groups (broad SMARTS) is 1. The molecule has 0 aliphatic heterocycles. The second-order valence-electron chi connectivity index (χ2n) is 5.37. The molecule has 0 aliphatic rings. The summed E-state index contributed by atoms with van der Waals surface area (Å²) >= 11 is 5.70. The number of pyridine rings is 1. The van der Waals surface area contributed by atoms with Crippen molar-refractivity contribution in [3.63, 3.8) is 0 Å². The number of aromatic nitrogens is 1. The molecule has 0 saturated heterocycles. The van der Waals surface area contributed by atoms with Crippen LogP contribution in [0.15, 0.2) is 54.6 Å². The third-order valence-corrected chi connectivity index (χ3v) is 3.82. The van der Waals surface area contributed by atoms with Gasteiger partial charge in [-0.3, -0.25) is 0 Å². The zero-order valence-electron chi connectivity index (χ0n) is 14.2. The molecule has 2 aromatic carbocycles. The Balaban J connectivity index is 0.00000261. The van der Waals surface area contributed by atoms with Crippen molar-refractivity contribution in [1.29, 1.82) is 0 Å². The monoisotopic (exact) mass is 397 g/mol. The van der Waals surface area contributed by atoms with Gasteiger partial charge in [-0.2, -0.15) is 0 Å². The Kier molecular flexibility index (Phi) is 7.33. The van der Waals surface area contributed by atoms with E-state index >= 15 is 0 Å². The quantitative estimate of drug-likeness (QED) is 0.588. The molecule has 0 unspecified atom stereocenters. The van der Waals surface area contributed by atoms with Gasteiger partial charge in [-0.25, -0.2) is 13.8 Å². The first-order valence-electron chi connectivity index (χ1n) is 7.48. The molecule has 0 bridgehead atoms. The number of halogens is 3. The molecule has 8 heteroatoms. The Morgan fingerprint density at radius 1 is 1.00 bits per heavy atom. The molecule has 0 fully saturated rings. The molecule has 1 aromatic heterocycles. The van der Waals surface area contributed by atoms with Crippen molar-refractivity contribution in [2.24, 2.45) is 0 Å². The number of ether oxygens (including phenoxy) is 1. The molecule has 0 spiro atoms. The van der Waals surface area contributed by atoms with E-state index in [0.29, 0.717) is 22.5 Å². The first kappa shape index (κ1) is 21.3. The van der Waals surface area contributed by atoms with Gasteiger partial charge in [-0.05, 0) is 36.4 Å². The van der Waals surface area contributed by atoms with Crippen LogP contribution in [0.3, 0.4) is 0 Å². The second-order valence-corrected chi connectivity index (χ2v) is 5.78. The third kappa shape index (κ3) is 5.49. The molecule has 4 nitrogen and oxygen atoms in total. The molecule has 0 amide bonds. The number of nitrogens with zero attached hydrogens (tertiary/aromatic N) is 1. The maximum absolute atomic E-state index is 13.8. The molecule has 3 aromatic rings. The van der Waals surface area contributed by atoms with Gasteiger partial charge in [-0.1, -0.05) is 17.7 Å². The number of carbonyl (C=O) groups excluding carboxylic acids is 1. The number of benzene rings is 2. The maximum atomic E-state index is 13.8. The van der Waals surface area contributed by atoms with Crippen LogP contribution in [0.1, 0.15) is 0 Å². The van der Waals surface area contributed by atoms with Crippen molar-refractivity contribution >= 4 is 17.6 Å². The van der Waals surface area contributed by atoms with Crippen LogP contribution in [-0.2, 0) is 4.79 Å². The van der Waals surface area contributed by atoms with Crippen LogP contribution in [0.5, 0.6) is 5.75 Å². The largest absolute Gasteiger partial charge is 1.00 e. The molecule has 3 rings (SSSR count). The molecule has 0 atom stereocenters. The van der Waals surface area contributed by atoms with E-state index < -0.39 is 24.2 Å². The molecule has 0 aliphatic carbocycles. The molecule has 0 N–H and O–H groups in total. The smallest absolute Gasteiger partial charge is 0.546 e. The number of hydrogen-bond acceptors (Lipinski definition) is 4.